The normalized spacial score (nSPS) is 17.1. The van der Waals surface area contributed by atoms with Gasteiger partial charge in [0.05, 0.1) is 24.3 Å². The molecule has 1 aliphatic rings. The molecule has 1 fully saturated rings. The second-order valence-electron chi connectivity index (χ2n) is 7.71. The standard InChI is InChI=1S/C26H20ClNO6/c1-34-20-11-9-16(10-12-20)22-21(23(29)18-3-2-4-19(27)13-18)24(30)25(31)28(22)14-15-5-7-17(8-6-15)26(32)33/h2-13,22,29H,14H2,1H3,(H,32,33)/b23-21+. The van der Waals surface area contributed by atoms with Gasteiger partial charge < -0.3 is 19.8 Å². The molecule has 2 N–H and O–H groups in total. The van der Waals surface area contributed by atoms with Crippen molar-refractivity contribution in [2.75, 3.05) is 7.11 Å². The highest BCUT2D eigenvalue weighted by Crippen LogP contribution is 2.40. The summed E-state index contributed by atoms with van der Waals surface area (Å²) in [6.07, 6.45) is 0. The van der Waals surface area contributed by atoms with E-state index in [2.05, 4.69) is 0 Å². The van der Waals surface area contributed by atoms with Gasteiger partial charge in [0.2, 0.25) is 0 Å². The lowest BCUT2D eigenvalue weighted by molar-refractivity contribution is -0.140. The number of hydrogen-bond acceptors (Lipinski definition) is 5. The predicted molar refractivity (Wildman–Crippen MR) is 126 cm³/mol. The van der Waals surface area contributed by atoms with Gasteiger partial charge in [-0.05, 0) is 47.5 Å². The molecule has 172 valence electrons. The van der Waals surface area contributed by atoms with E-state index in [0.717, 1.165) is 0 Å². The summed E-state index contributed by atoms with van der Waals surface area (Å²) in [4.78, 5) is 38.7. The van der Waals surface area contributed by atoms with E-state index in [4.69, 9.17) is 21.4 Å². The Balaban J connectivity index is 1.82. The van der Waals surface area contributed by atoms with E-state index >= 15 is 0 Å². The molecule has 3 aromatic rings. The lowest BCUT2D eigenvalue weighted by Crippen LogP contribution is -2.29. The predicted octanol–water partition coefficient (Wildman–Crippen LogP) is 4.67. The summed E-state index contributed by atoms with van der Waals surface area (Å²) in [6.45, 7) is 0.0352. The third-order valence-corrected chi connectivity index (χ3v) is 5.86. The van der Waals surface area contributed by atoms with E-state index in [-0.39, 0.29) is 23.4 Å². The second-order valence-corrected chi connectivity index (χ2v) is 8.15. The number of likely N-dealkylation sites (tertiary alicyclic amines) is 1. The number of aliphatic hydroxyl groups is 1. The summed E-state index contributed by atoms with van der Waals surface area (Å²) in [7, 11) is 1.53. The summed E-state index contributed by atoms with van der Waals surface area (Å²) in [5.74, 6) is -2.39. The second kappa shape index (κ2) is 9.41. The number of carbonyl (C=O) groups is 3. The fourth-order valence-corrected chi connectivity index (χ4v) is 4.11. The zero-order valence-electron chi connectivity index (χ0n) is 18.1. The Labute approximate surface area is 200 Å². The monoisotopic (exact) mass is 477 g/mol. The average molecular weight is 478 g/mol. The quantitative estimate of drug-likeness (QED) is 0.304. The van der Waals surface area contributed by atoms with Gasteiger partial charge >= 0.3 is 5.97 Å². The SMILES string of the molecule is COc1ccc(C2/C(=C(\O)c3cccc(Cl)c3)C(=O)C(=O)N2Cc2ccc(C(=O)O)cc2)cc1. The summed E-state index contributed by atoms with van der Waals surface area (Å²) in [6, 6.07) is 18.4. The van der Waals surface area contributed by atoms with Crippen molar-refractivity contribution in [3.8, 4) is 5.75 Å². The number of carboxylic acid groups (broad SMARTS) is 1. The number of rotatable bonds is 6. The maximum Gasteiger partial charge on any atom is 0.335 e. The highest BCUT2D eigenvalue weighted by atomic mass is 35.5. The van der Waals surface area contributed by atoms with Gasteiger partial charge in [0.1, 0.15) is 11.5 Å². The maximum atomic E-state index is 13.1. The molecule has 8 heteroatoms. The van der Waals surface area contributed by atoms with E-state index < -0.39 is 23.7 Å². The Morgan fingerprint density at radius 1 is 0.971 bits per heavy atom. The molecule has 0 aliphatic carbocycles. The number of methoxy groups -OCH3 is 1. The molecular weight excluding hydrogens is 458 g/mol. The smallest absolute Gasteiger partial charge is 0.335 e. The Morgan fingerprint density at radius 2 is 1.65 bits per heavy atom. The van der Waals surface area contributed by atoms with Gasteiger partial charge in [0.15, 0.2) is 0 Å². The molecule has 4 rings (SSSR count). The number of carboxylic acids is 1. The van der Waals surface area contributed by atoms with E-state index in [1.807, 2.05) is 0 Å². The molecule has 1 aliphatic heterocycles. The van der Waals surface area contributed by atoms with Crippen LogP contribution in [0.1, 0.15) is 33.1 Å². The fourth-order valence-electron chi connectivity index (χ4n) is 3.92. The van der Waals surface area contributed by atoms with E-state index in [0.29, 0.717) is 27.5 Å². The average Bonchev–Trinajstić information content (AvgIpc) is 3.09. The highest BCUT2D eigenvalue weighted by Gasteiger charge is 2.46. The number of aromatic carboxylic acids is 1. The van der Waals surface area contributed by atoms with Crippen molar-refractivity contribution in [3.63, 3.8) is 0 Å². The van der Waals surface area contributed by atoms with Gasteiger partial charge in [-0.15, -0.1) is 0 Å². The van der Waals surface area contributed by atoms with Crippen LogP contribution in [0.2, 0.25) is 5.02 Å². The lowest BCUT2D eigenvalue weighted by Gasteiger charge is -2.25. The minimum absolute atomic E-state index is 0.0352. The molecule has 0 spiro atoms. The number of carbonyl (C=O) groups excluding carboxylic acids is 2. The Bertz CT molecular complexity index is 1300. The molecule has 1 unspecified atom stereocenters. The zero-order valence-corrected chi connectivity index (χ0v) is 18.8. The molecule has 3 aromatic carbocycles. The van der Waals surface area contributed by atoms with Crippen molar-refractivity contribution in [2.45, 2.75) is 12.6 Å². The van der Waals surface area contributed by atoms with E-state index in [9.17, 15) is 19.5 Å². The number of halogens is 1. The summed E-state index contributed by atoms with van der Waals surface area (Å²) < 4.78 is 5.21. The molecule has 0 aromatic heterocycles. The maximum absolute atomic E-state index is 13.1. The molecule has 34 heavy (non-hydrogen) atoms. The van der Waals surface area contributed by atoms with Gasteiger partial charge in [-0.3, -0.25) is 9.59 Å². The molecule has 0 bridgehead atoms. The minimum atomic E-state index is -1.06. The highest BCUT2D eigenvalue weighted by molar-refractivity contribution is 6.46. The van der Waals surface area contributed by atoms with Crippen LogP contribution in [0.25, 0.3) is 5.76 Å². The molecule has 1 heterocycles. The van der Waals surface area contributed by atoms with Crippen molar-refractivity contribution < 1.29 is 29.3 Å². The van der Waals surface area contributed by atoms with Crippen LogP contribution in [0.4, 0.5) is 0 Å². The molecular formula is C26H20ClNO6. The lowest BCUT2D eigenvalue weighted by atomic mass is 9.95. The summed E-state index contributed by atoms with van der Waals surface area (Å²) in [5.41, 5.74) is 1.60. The first-order valence-corrected chi connectivity index (χ1v) is 10.7. The van der Waals surface area contributed by atoms with Crippen molar-refractivity contribution in [3.05, 3.63) is 106 Å². The van der Waals surface area contributed by atoms with Crippen LogP contribution in [-0.2, 0) is 16.1 Å². The first-order valence-electron chi connectivity index (χ1n) is 10.3. The van der Waals surface area contributed by atoms with Crippen LogP contribution in [-0.4, -0.2) is 39.9 Å². The fraction of sp³-hybridized carbons (Fsp3) is 0.115. The van der Waals surface area contributed by atoms with Gasteiger partial charge in [-0.1, -0.05) is 48.0 Å². The van der Waals surface area contributed by atoms with Crippen LogP contribution in [0.5, 0.6) is 5.75 Å². The number of amides is 1. The van der Waals surface area contributed by atoms with Crippen LogP contribution in [0, 0.1) is 0 Å². The van der Waals surface area contributed by atoms with Crippen molar-refractivity contribution in [1.29, 1.82) is 0 Å². The summed E-state index contributed by atoms with van der Waals surface area (Å²) >= 11 is 6.07. The Kier molecular flexibility index (Phi) is 6.38. The van der Waals surface area contributed by atoms with Crippen LogP contribution >= 0.6 is 11.6 Å². The van der Waals surface area contributed by atoms with Crippen molar-refractivity contribution in [1.82, 2.24) is 4.90 Å². The minimum Gasteiger partial charge on any atom is -0.507 e. The van der Waals surface area contributed by atoms with Crippen LogP contribution in [0.3, 0.4) is 0 Å². The number of nitrogens with zero attached hydrogens (tertiary/aromatic N) is 1. The first kappa shape index (κ1) is 23.1. The summed E-state index contributed by atoms with van der Waals surface area (Å²) in [5, 5.41) is 20.6. The largest absolute Gasteiger partial charge is 0.507 e. The van der Waals surface area contributed by atoms with Gasteiger partial charge in [-0.25, -0.2) is 4.79 Å². The van der Waals surface area contributed by atoms with Gasteiger partial charge in [0, 0.05) is 17.1 Å². The number of aliphatic hydroxyl groups excluding tert-OH is 1. The topological polar surface area (TPSA) is 104 Å². The molecule has 1 saturated heterocycles. The number of hydrogen-bond donors (Lipinski definition) is 2. The number of ether oxygens (including phenoxy) is 1. The zero-order chi connectivity index (χ0) is 24.4. The molecule has 1 amide bonds. The van der Waals surface area contributed by atoms with Crippen LogP contribution < -0.4 is 4.74 Å². The first-order chi connectivity index (χ1) is 16.3. The molecule has 0 saturated carbocycles. The molecule has 0 radical (unpaired) electrons. The number of Topliss-reactive ketones (excluding diaryl/α,β-unsaturated/α-hetero) is 1. The van der Waals surface area contributed by atoms with Crippen molar-refractivity contribution in [2.24, 2.45) is 0 Å². The Morgan fingerprint density at radius 3 is 2.24 bits per heavy atom. The third-order valence-electron chi connectivity index (χ3n) is 5.62. The number of ketones is 1. The van der Waals surface area contributed by atoms with Crippen molar-refractivity contribution >= 4 is 35.0 Å². The molecule has 1 atom stereocenters. The van der Waals surface area contributed by atoms with Crippen LogP contribution in [0.15, 0.2) is 78.4 Å². The number of benzene rings is 3. The van der Waals surface area contributed by atoms with Gasteiger partial charge in [0.25, 0.3) is 11.7 Å². The third kappa shape index (κ3) is 4.38. The van der Waals surface area contributed by atoms with E-state index in [1.165, 1.54) is 30.2 Å². The van der Waals surface area contributed by atoms with Gasteiger partial charge in [-0.2, -0.15) is 0 Å². The Hall–Kier alpha value is -4.10. The van der Waals surface area contributed by atoms with E-state index in [1.54, 1.807) is 54.6 Å². The molecule has 7 nitrogen and oxygen atoms in total.